The summed E-state index contributed by atoms with van der Waals surface area (Å²) in [6, 6.07) is 16.0. The molecule has 0 bridgehead atoms. The van der Waals surface area contributed by atoms with Crippen LogP contribution in [0.25, 0.3) is 0 Å². The summed E-state index contributed by atoms with van der Waals surface area (Å²) in [5.41, 5.74) is 4.37. The molecular weight excluding hydrogens is 514 g/mol. The Morgan fingerprint density at radius 1 is 1.08 bits per heavy atom. The number of sulfonamides is 1. The first-order valence-corrected chi connectivity index (χ1v) is 14.7. The third kappa shape index (κ3) is 5.76. The Morgan fingerprint density at radius 3 is 2.49 bits per heavy atom. The highest BCUT2D eigenvalue weighted by Crippen LogP contribution is 2.38. The lowest BCUT2D eigenvalue weighted by molar-refractivity contribution is -0.140. The molecule has 0 N–H and O–H groups in total. The van der Waals surface area contributed by atoms with E-state index in [1.54, 1.807) is 27.0 Å². The van der Waals surface area contributed by atoms with Crippen molar-refractivity contribution in [3.8, 4) is 5.75 Å². The van der Waals surface area contributed by atoms with Crippen molar-refractivity contribution in [2.45, 2.75) is 51.1 Å². The lowest BCUT2D eigenvalue weighted by atomic mass is 9.89. The van der Waals surface area contributed by atoms with Crippen LogP contribution >= 0.6 is 0 Å². The van der Waals surface area contributed by atoms with Crippen LogP contribution in [0.2, 0.25) is 0 Å². The maximum atomic E-state index is 13.4. The molecule has 0 saturated carbocycles. The van der Waals surface area contributed by atoms with E-state index in [0.29, 0.717) is 23.4 Å². The Balaban J connectivity index is 1.41. The van der Waals surface area contributed by atoms with E-state index in [9.17, 15) is 13.2 Å². The highest BCUT2D eigenvalue weighted by molar-refractivity contribution is 7.89. The van der Waals surface area contributed by atoms with Crippen LogP contribution in [0, 0.1) is 20.8 Å². The molecule has 0 radical (unpaired) electrons. The lowest BCUT2D eigenvalue weighted by Gasteiger charge is -2.40. The highest BCUT2D eigenvalue weighted by Gasteiger charge is 2.35. The summed E-state index contributed by atoms with van der Waals surface area (Å²) in [6.45, 7) is 9.02. The van der Waals surface area contributed by atoms with Gasteiger partial charge in [0.05, 0.1) is 24.7 Å². The molecule has 0 saturated heterocycles. The molecule has 210 valence electrons. The third-order valence-electron chi connectivity index (χ3n) is 7.85. The van der Waals surface area contributed by atoms with Gasteiger partial charge in [0.2, 0.25) is 15.9 Å². The van der Waals surface area contributed by atoms with Crippen molar-refractivity contribution in [1.29, 1.82) is 0 Å². The molecule has 39 heavy (non-hydrogen) atoms. The lowest BCUT2D eigenvalue weighted by Crippen LogP contribution is -2.45. The first-order chi connectivity index (χ1) is 18.6. The summed E-state index contributed by atoms with van der Waals surface area (Å²) >= 11 is 0. The molecule has 1 amide bonds. The molecule has 2 heterocycles. The maximum Gasteiger partial charge on any atom is 0.249 e. The van der Waals surface area contributed by atoms with Gasteiger partial charge in [-0.25, -0.2) is 8.42 Å². The fraction of sp³-hybridized carbons (Fsp3) is 0.433. The molecule has 1 aliphatic heterocycles. The van der Waals surface area contributed by atoms with Crippen molar-refractivity contribution >= 4 is 15.9 Å². The molecule has 2 atom stereocenters. The Labute approximate surface area is 232 Å². The molecule has 9 heteroatoms. The Morgan fingerprint density at radius 2 is 1.79 bits per heavy atom. The number of carbonyl (C=O) groups is 1. The zero-order valence-corrected chi connectivity index (χ0v) is 24.5. The normalized spacial score (nSPS) is 16.3. The monoisotopic (exact) mass is 553 g/mol. The summed E-state index contributed by atoms with van der Waals surface area (Å²) < 4.78 is 41.4. The second-order valence-electron chi connectivity index (χ2n) is 10.2. The van der Waals surface area contributed by atoms with Crippen LogP contribution in [-0.2, 0) is 26.1 Å². The van der Waals surface area contributed by atoms with E-state index in [0.717, 1.165) is 17.8 Å². The molecule has 2 aromatic carbocycles. The first-order valence-electron chi connectivity index (χ1n) is 13.3. The van der Waals surface area contributed by atoms with Crippen LogP contribution < -0.4 is 4.74 Å². The van der Waals surface area contributed by atoms with E-state index in [2.05, 4.69) is 35.9 Å². The zero-order chi connectivity index (χ0) is 28.3. The first kappa shape index (κ1) is 28.9. The second-order valence-corrected chi connectivity index (χ2v) is 12.2. The van der Waals surface area contributed by atoms with Crippen LogP contribution in [0.5, 0.6) is 5.75 Å². The number of hydrogen-bond acceptors (Lipinski definition) is 5. The summed E-state index contributed by atoms with van der Waals surface area (Å²) in [7, 11) is -0.634. The van der Waals surface area contributed by atoms with Crippen LogP contribution in [0.15, 0.2) is 59.6 Å². The second kappa shape index (κ2) is 11.9. The van der Waals surface area contributed by atoms with Crippen LogP contribution in [0.4, 0.5) is 0 Å². The summed E-state index contributed by atoms with van der Waals surface area (Å²) in [6.07, 6.45) is 2.06. The van der Waals surface area contributed by atoms with Gasteiger partial charge in [0.1, 0.15) is 12.4 Å². The smallest absolute Gasteiger partial charge is 0.249 e. The average molecular weight is 554 g/mol. The number of rotatable bonds is 10. The minimum absolute atomic E-state index is 0.0970. The number of hydrogen-bond donors (Lipinski definition) is 0. The van der Waals surface area contributed by atoms with Crippen molar-refractivity contribution < 1.29 is 22.7 Å². The third-order valence-corrected chi connectivity index (χ3v) is 9.99. The highest BCUT2D eigenvalue weighted by atomic mass is 32.2. The molecule has 1 aromatic heterocycles. The maximum absolute atomic E-state index is 13.4. The molecule has 0 spiro atoms. The average Bonchev–Trinajstić information content (AvgIpc) is 3.41. The molecular formula is C30H39N3O5S. The Bertz CT molecular complexity index is 1420. The van der Waals surface area contributed by atoms with Crippen molar-refractivity contribution in [2.75, 3.05) is 40.5 Å². The van der Waals surface area contributed by atoms with Crippen molar-refractivity contribution in [3.05, 3.63) is 82.7 Å². The largest absolute Gasteiger partial charge is 0.496 e. The summed E-state index contributed by atoms with van der Waals surface area (Å²) in [5, 5.41) is 0. The van der Waals surface area contributed by atoms with Gasteiger partial charge in [0.15, 0.2) is 0 Å². The van der Waals surface area contributed by atoms with Crippen molar-refractivity contribution in [2.24, 2.45) is 0 Å². The van der Waals surface area contributed by atoms with E-state index in [1.807, 2.05) is 36.1 Å². The van der Waals surface area contributed by atoms with E-state index in [1.165, 1.54) is 16.9 Å². The summed E-state index contributed by atoms with van der Waals surface area (Å²) in [5.74, 6) is 0.663. The van der Waals surface area contributed by atoms with Gasteiger partial charge in [0, 0.05) is 44.5 Å². The number of amides is 1. The van der Waals surface area contributed by atoms with Gasteiger partial charge in [-0.3, -0.25) is 4.79 Å². The molecule has 0 fully saturated rings. The van der Waals surface area contributed by atoms with Crippen LogP contribution in [0.1, 0.15) is 46.8 Å². The zero-order valence-electron chi connectivity index (χ0n) is 23.7. The van der Waals surface area contributed by atoms with Gasteiger partial charge in [-0.1, -0.05) is 37.3 Å². The minimum atomic E-state index is -3.75. The fourth-order valence-electron chi connectivity index (χ4n) is 5.50. The predicted octanol–water partition coefficient (Wildman–Crippen LogP) is 4.45. The van der Waals surface area contributed by atoms with Gasteiger partial charge in [-0.05, 0) is 61.2 Å². The minimum Gasteiger partial charge on any atom is -0.496 e. The molecule has 1 aliphatic rings. The van der Waals surface area contributed by atoms with E-state index < -0.39 is 10.0 Å². The topological polar surface area (TPSA) is 81.1 Å². The van der Waals surface area contributed by atoms with Crippen molar-refractivity contribution in [1.82, 2.24) is 13.8 Å². The number of ether oxygens (including phenoxy) is 2. The molecule has 4 rings (SSSR count). The SMILES string of the molecule is COc1cc(C)c(S(=O)(=O)N(C)CCOCC(=O)N2CCn3cccc3C2C(C)c2ccccc2)c(C)c1C. The molecule has 0 aliphatic carbocycles. The number of benzene rings is 2. The Kier molecular flexibility index (Phi) is 8.83. The van der Waals surface area contributed by atoms with E-state index >= 15 is 0 Å². The van der Waals surface area contributed by atoms with E-state index in [4.69, 9.17) is 9.47 Å². The quantitative estimate of drug-likeness (QED) is 0.347. The molecule has 2 unspecified atom stereocenters. The van der Waals surface area contributed by atoms with Gasteiger partial charge in [-0.2, -0.15) is 4.31 Å². The van der Waals surface area contributed by atoms with Crippen LogP contribution in [0.3, 0.4) is 0 Å². The number of aromatic nitrogens is 1. The van der Waals surface area contributed by atoms with Gasteiger partial charge >= 0.3 is 0 Å². The standard InChI is InChI=1S/C30H39N3O5S/c1-21-19-27(37-6)22(2)23(3)30(21)39(35,36)31(5)17-18-38-20-28(34)33-16-15-32-14-10-13-26(32)29(33)24(4)25-11-8-7-9-12-25/h7-14,19,24,29H,15-18,20H2,1-6H3. The number of nitrogens with zero attached hydrogens (tertiary/aromatic N) is 3. The Hall–Kier alpha value is -3.14. The number of fused-ring (bicyclic) bond motifs is 1. The number of carbonyl (C=O) groups excluding carboxylic acids is 1. The van der Waals surface area contributed by atoms with Crippen molar-refractivity contribution in [3.63, 3.8) is 0 Å². The van der Waals surface area contributed by atoms with Gasteiger partial charge in [-0.15, -0.1) is 0 Å². The predicted molar refractivity (Wildman–Crippen MR) is 152 cm³/mol. The number of likely N-dealkylation sites (N-methyl/N-ethyl adjacent to an activating group) is 1. The fourth-order valence-corrected chi connectivity index (χ4v) is 7.13. The molecule has 3 aromatic rings. The van der Waals surface area contributed by atoms with Gasteiger partial charge < -0.3 is 18.9 Å². The summed E-state index contributed by atoms with van der Waals surface area (Å²) in [4.78, 5) is 15.6. The number of methoxy groups -OCH3 is 1. The van der Waals surface area contributed by atoms with E-state index in [-0.39, 0.29) is 42.5 Å². The number of aryl methyl sites for hydroxylation is 1. The van der Waals surface area contributed by atoms with Crippen LogP contribution in [-0.4, -0.2) is 68.6 Å². The molecule has 8 nitrogen and oxygen atoms in total. The van der Waals surface area contributed by atoms with Gasteiger partial charge in [0.25, 0.3) is 0 Å².